The Balaban J connectivity index is 1.57. The van der Waals surface area contributed by atoms with Crippen LogP contribution in [0, 0.1) is 0 Å². The number of esters is 4. The summed E-state index contributed by atoms with van der Waals surface area (Å²) >= 11 is 0. The quantitative estimate of drug-likeness (QED) is 0.0705. The van der Waals surface area contributed by atoms with Gasteiger partial charge in [-0.2, -0.15) is 0 Å². The Morgan fingerprint density at radius 1 is 0.345 bits per heavy atom. The predicted octanol–water partition coefficient (Wildman–Crippen LogP) is 9.86. The smallest absolute Gasteiger partial charge is 0.338 e. The van der Waals surface area contributed by atoms with Crippen LogP contribution in [0.1, 0.15) is 114 Å². The lowest BCUT2D eigenvalue weighted by Gasteiger charge is -2.08. The predicted molar refractivity (Wildman–Crippen MR) is 227 cm³/mol. The molecule has 0 aliphatic heterocycles. The summed E-state index contributed by atoms with van der Waals surface area (Å²) < 4.78 is 20.5. The van der Waals surface area contributed by atoms with Crippen molar-refractivity contribution in [3.63, 3.8) is 0 Å². The molecule has 0 aliphatic carbocycles. The fourth-order valence-corrected chi connectivity index (χ4v) is 5.46. The number of carbonyl (C=O) groups excluding carboxylic acids is 4. The molecule has 0 fully saturated rings. The zero-order chi connectivity index (χ0) is 41.3. The lowest BCUT2D eigenvalue weighted by atomic mass is 10.1. The molecule has 0 saturated heterocycles. The number of ether oxygens (including phenoxy) is 4. The van der Waals surface area contributed by atoms with Crippen LogP contribution in [0.2, 0.25) is 0 Å². The van der Waals surface area contributed by atoms with Crippen molar-refractivity contribution in [1.82, 2.24) is 9.97 Å². The molecule has 10 heteroatoms. The highest BCUT2D eigenvalue weighted by Crippen LogP contribution is 2.22. The molecule has 0 saturated carbocycles. The largest absolute Gasteiger partial charge is 0.462 e. The summed E-state index contributed by atoms with van der Waals surface area (Å²) in [7, 11) is 0. The lowest BCUT2D eigenvalue weighted by molar-refractivity contribution is 0.0516. The summed E-state index contributed by atoms with van der Waals surface area (Å²) in [4.78, 5) is 59.1. The van der Waals surface area contributed by atoms with Crippen LogP contribution in [0.25, 0.3) is 48.6 Å². The Hall–Kier alpha value is -7.20. The van der Waals surface area contributed by atoms with Crippen molar-refractivity contribution in [1.29, 1.82) is 0 Å². The summed E-state index contributed by atoms with van der Waals surface area (Å²) in [5, 5.41) is 0. The number of hydrogen-bond acceptors (Lipinski definition) is 10. The van der Waals surface area contributed by atoms with Gasteiger partial charge in [-0.3, -0.25) is 0 Å². The number of nitrogens with zero attached hydrogens (tertiary/aromatic N) is 2. The second kappa shape index (κ2) is 21.2. The van der Waals surface area contributed by atoms with Gasteiger partial charge in [0.2, 0.25) is 0 Å². The number of benzene rings is 4. The van der Waals surface area contributed by atoms with Gasteiger partial charge in [0.05, 0.1) is 71.5 Å². The van der Waals surface area contributed by atoms with Crippen LogP contribution in [0.3, 0.4) is 0 Å². The molecule has 0 unspecified atom stereocenters. The van der Waals surface area contributed by atoms with Gasteiger partial charge in [0.1, 0.15) is 0 Å². The summed E-state index contributed by atoms with van der Waals surface area (Å²) in [6.45, 7) is 8.19. The van der Waals surface area contributed by atoms with Gasteiger partial charge in [0, 0.05) is 0 Å². The average molecular weight is 777 g/mol. The van der Waals surface area contributed by atoms with Gasteiger partial charge < -0.3 is 18.9 Å². The number of aromatic nitrogens is 2. The van der Waals surface area contributed by atoms with Crippen molar-refractivity contribution < 1.29 is 38.1 Å². The van der Waals surface area contributed by atoms with Gasteiger partial charge in [-0.05, 0) is 123 Å². The third-order valence-electron chi connectivity index (χ3n) is 8.43. The molecule has 5 rings (SSSR count). The molecule has 0 radical (unpaired) electrons. The van der Waals surface area contributed by atoms with Crippen molar-refractivity contribution in [3.8, 4) is 0 Å². The third-order valence-corrected chi connectivity index (χ3v) is 8.43. The van der Waals surface area contributed by atoms with Crippen LogP contribution >= 0.6 is 0 Å². The molecule has 0 aliphatic rings. The molecule has 1 heterocycles. The van der Waals surface area contributed by atoms with E-state index >= 15 is 0 Å². The summed E-state index contributed by atoms with van der Waals surface area (Å²) in [6.07, 6.45) is 14.9. The van der Waals surface area contributed by atoms with E-state index in [0.717, 1.165) is 22.3 Å². The molecule has 0 atom stereocenters. The molecular formula is C48H44N2O8. The van der Waals surface area contributed by atoms with E-state index in [1.54, 1.807) is 76.2 Å². The first-order valence-corrected chi connectivity index (χ1v) is 18.9. The van der Waals surface area contributed by atoms with Gasteiger partial charge in [-0.15, -0.1) is 0 Å². The van der Waals surface area contributed by atoms with E-state index in [0.29, 0.717) is 45.0 Å². The topological polar surface area (TPSA) is 131 Å². The highest BCUT2D eigenvalue weighted by atomic mass is 16.5. The van der Waals surface area contributed by atoms with Gasteiger partial charge >= 0.3 is 23.9 Å². The van der Waals surface area contributed by atoms with Crippen molar-refractivity contribution in [2.24, 2.45) is 0 Å². The normalized spacial score (nSPS) is 11.4. The molecule has 0 bridgehead atoms. The van der Waals surface area contributed by atoms with E-state index in [9.17, 15) is 19.2 Å². The third kappa shape index (κ3) is 11.9. The lowest BCUT2D eigenvalue weighted by Crippen LogP contribution is -2.04. The molecule has 5 aromatic rings. The summed E-state index contributed by atoms with van der Waals surface area (Å²) in [5.74, 6) is -1.57. The van der Waals surface area contributed by atoms with Gasteiger partial charge in [0.15, 0.2) is 0 Å². The molecular weight excluding hydrogens is 733 g/mol. The van der Waals surface area contributed by atoms with Crippen LogP contribution in [0.15, 0.2) is 97.1 Å². The second-order valence-corrected chi connectivity index (χ2v) is 12.5. The minimum atomic E-state index is -0.392. The first-order valence-electron chi connectivity index (χ1n) is 18.9. The van der Waals surface area contributed by atoms with E-state index in [1.807, 2.05) is 97.1 Å². The van der Waals surface area contributed by atoms with Gasteiger partial charge in [-0.25, -0.2) is 29.1 Å². The number of rotatable bonds is 16. The van der Waals surface area contributed by atoms with Crippen molar-refractivity contribution in [3.05, 3.63) is 164 Å². The SMILES string of the molecule is CCOC(=O)c1ccc(/C=C/c2nc(/C=C/c3ccc(C(=O)OCC)cc3)c(/C=C/c3ccc(C(=O)OCC)cc3)nc2/C=C/c2ccc(C(=O)OCC)cc2)cc1. The maximum Gasteiger partial charge on any atom is 0.338 e. The Kier molecular flexibility index (Phi) is 15.3. The molecule has 0 N–H and O–H groups in total. The average Bonchev–Trinajstić information content (AvgIpc) is 3.24. The van der Waals surface area contributed by atoms with E-state index < -0.39 is 23.9 Å². The van der Waals surface area contributed by atoms with E-state index in [2.05, 4.69) is 0 Å². The monoisotopic (exact) mass is 776 g/mol. The van der Waals surface area contributed by atoms with Crippen LogP contribution in [-0.2, 0) is 18.9 Å². The zero-order valence-electron chi connectivity index (χ0n) is 32.8. The Morgan fingerprint density at radius 3 is 0.707 bits per heavy atom. The highest BCUT2D eigenvalue weighted by molar-refractivity contribution is 5.92. The van der Waals surface area contributed by atoms with Crippen molar-refractivity contribution in [2.75, 3.05) is 26.4 Å². The first-order chi connectivity index (χ1) is 28.2. The molecule has 4 aromatic carbocycles. The highest BCUT2D eigenvalue weighted by Gasteiger charge is 2.11. The minimum absolute atomic E-state index is 0.285. The van der Waals surface area contributed by atoms with Crippen LogP contribution in [0.4, 0.5) is 0 Å². The molecule has 1 aromatic heterocycles. The van der Waals surface area contributed by atoms with Gasteiger partial charge in [0.25, 0.3) is 0 Å². The molecule has 294 valence electrons. The fourth-order valence-electron chi connectivity index (χ4n) is 5.46. The maximum atomic E-state index is 12.2. The summed E-state index contributed by atoms with van der Waals surface area (Å²) in [5.41, 5.74) is 7.34. The second-order valence-electron chi connectivity index (χ2n) is 12.5. The fraction of sp³-hybridized carbons (Fsp3) is 0.167. The van der Waals surface area contributed by atoms with Crippen molar-refractivity contribution in [2.45, 2.75) is 27.7 Å². The van der Waals surface area contributed by atoms with Crippen molar-refractivity contribution >= 4 is 72.5 Å². The van der Waals surface area contributed by atoms with Crippen LogP contribution < -0.4 is 0 Å². The zero-order valence-corrected chi connectivity index (χ0v) is 32.8. The number of carbonyl (C=O) groups is 4. The summed E-state index contributed by atoms with van der Waals surface area (Å²) in [6, 6.07) is 28.2. The van der Waals surface area contributed by atoms with Crippen LogP contribution in [0.5, 0.6) is 0 Å². The standard InChI is InChI=1S/C48H44N2O8/c1-5-55-45(51)37-21-9-33(10-22-37)17-29-41-42(30-18-34-11-23-38(24-12-34)46(52)56-6-2)50-44(32-20-36-15-27-40(28-16-36)48(54)58-8-4)43(49-41)31-19-35-13-25-39(26-14-35)47(53)57-7-3/h9-32H,5-8H2,1-4H3/b29-17+,30-18+,31-19+,32-20+. The maximum absolute atomic E-state index is 12.2. The van der Waals surface area contributed by atoms with E-state index in [1.165, 1.54) is 0 Å². The minimum Gasteiger partial charge on any atom is -0.462 e. The van der Waals surface area contributed by atoms with E-state index in [-0.39, 0.29) is 26.4 Å². The Labute approximate surface area is 338 Å². The van der Waals surface area contributed by atoms with E-state index in [4.69, 9.17) is 28.9 Å². The van der Waals surface area contributed by atoms with Gasteiger partial charge in [-0.1, -0.05) is 72.8 Å². The molecule has 10 nitrogen and oxygen atoms in total. The molecule has 58 heavy (non-hydrogen) atoms. The Morgan fingerprint density at radius 2 is 0.534 bits per heavy atom. The van der Waals surface area contributed by atoms with Crippen LogP contribution in [-0.4, -0.2) is 60.3 Å². The Bertz CT molecular complexity index is 1990. The first kappa shape index (κ1) is 42.0. The molecule has 0 spiro atoms. The number of hydrogen-bond donors (Lipinski definition) is 0. The molecule has 0 amide bonds.